The molecule has 1 atom stereocenters. The minimum absolute atomic E-state index is 0.322. The maximum absolute atomic E-state index is 8.75. The number of aliphatic hydroxyl groups is 1. The Morgan fingerprint density at radius 2 is 1.75 bits per heavy atom. The van der Waals surface area contributed by atoms with Crippen molar-refractivity contribution >= 4 is 0 Å². The first-order valence-corrected chi connectivity index (χ1v) is 6.09. The van der Waals surface area contributed by atoms with E-state index in [1.165, 1.54) is 19.3 Å². The van der Waals surface area contributed by atoms with E-state index in [0.29, 0.717) is 18.3 Å². The molecule has 1 unspecified atom stereocenters. The molecule has 2 N–H and O–H groups in total. The van der Waals surface area contributed by atoms with Gasteiger partial charge in [0.25, 0.3) is 0 Å². The number of hydrogen-bond acceptors (Lipinski definition) is 2. The molecule has 0 spiro atoms. The van der Waals surface area contributed by atoms with Crippen molar-refractivity contribution in [1.82, 2.24) is 0 Å². The zero-order chi connectivity index (χ0) is 12.2. The molecule has 0 fully saturated rings. The molecule has 0 saturated heterocycles. The van der Waals surface area contributed by atoms with Gasteiger partial charge in [0.05, 0.1) is 0 Å². The average molecular weight is 224 g/mol. The summed E-state index contributed by atoms with van der Waals surface area (Å²) in [5.41, 5.74) is 0. The van der Waals surface area contributed by atoms with Crippen LogP contribution < -0.4 is 0 Å². The SMILES string of the molecule is CCCCC(CC)CO.Oc1ccccc1. The number of phenolic OH excluding ortho intramolecular Hbond substituents is 1. The average Bonchev–Trinajstić information content (AvgIpc) is 2.32. The molecule has 1 aromatic rings. The third-order valence-corrected chi connectivity index (χ3v) is 2.56. The predicted molar refractivity (Wildman–Crippen MR) is 68.5 cm³/mol. The summed E-state index contributed by atoms with van der Waals surface area (Å²) in [6, 6.07) is 8.71. The van der Waals surface area contributed by atoms with Gasteiger partial charge in [-0.3, -0.25) is 0 Å². The Labute approximate surface area is 98.9 Å². The van der Waals surface area contributed by atoms with Crippen LogP contribution >= 0.6 is 0 Å². The molecule has 0 radical (unpaired) electrons. The molecular weight excluding hydrogens is 200 g/mol. The molecule has 2 nitrogen and oxygen atoms in total. The topological polar surface area (TPSA) is 40.5 Å². The summed E-state index contributed by atoms with van der Waals surface area (Å²) in [7, 11) is 0. The van der Waals surface area contributed by atoms with E-state index in [9.17, 15) is 0 Å². The highest BCUT2D eigenvalue weighted by Crippen LogP contribution is 2.10. The Balaban J connectivity index is 0.000000288. The van der Waals surface area contributed by atoms with Crippen molar-refractivity contribution in [1.29, 1.82) is 0 Å². The van der Waals surface area contributed by atoms with E-state index < -0.39 is 0 Å². The molecule has 0 aliphatic rings. The van der Waals surface area contributed by atoms with Crippen molar-refractivity contribution < 1.29 is 10.2 Å². The second kappa shape index (κ2) is 10.5. The van der Waals surface area contributed by atoms with Gasteiger partial charge in [0, 0.05) is 6.61 Å². The van der Waals surface area contributed by atoms with Gasteiger partial charge in [0.1, 0.15) is 5.75 Å². The van der Waals surface area contributed by atoms with Crippen molar-refractivity contribution in [2.45, 2.75) is 39.5 Å². The van der Waals surface area contributed by atoms with Gasteiger partial charge in [-0.2, -0.15) is 0 Å². The molecule has 0 aliphatic carbocycles. The van der Waals surface area contributed by atoms with Crippen LogP contribution in [-0.4, -0.2) is 16.8 Å². The number of phenols is 1. The van der Waals surface area contributed by atoms with Crippen LogP contribution in [-0.2, 0) is 0 Å². The number of aromatic hydroxyl groups is 1. The second-order valence-corrected chi connectivity index (χ2v) is 3.93. The van der Waals surface area contributed by atoms with Crippen LogP contribution in [0.2, 0.25) is 0 Å². The van der Waals surface area contributed by atoms with E-state index in [2.05, 4.69) is 13.8 Å². The lowest BCUT2D eigenvalue weighted by Gasteiger charge is -2.08. The molecule has 16 heavy (non-hydrogen) atoms. The van der Waals surface area contributed by atoms with E-state index in [1.807, 2.05) is 6.07 Å². The van der Waals surface area contributed by atoms with E-state index in [-0.39, 0.29) is 0 Å². The lowest BCUT2D eigenvalue weighted by Crippen LogP contribution is -2.03. The standard InChI is InChI=1S/C8H18O.C6H6O/c1-3-5-6-8(4-2)7-9;7-6-4-2-1-3-5-6/h8-9H,3-7H2,1-2H3;1-5,7H. The fraction of sp³-hybridized carbons (Fsp3) is 0.571. The Morgan fingerprint density at radius 3 is 2.06 bits per heavy atom. The van der Waals surface area contributed by atoms with E-state index in [1.54, 1.807) is 24.3 Å². The number of rotatable bonds is 5. The minimum atomic E-state index is 0.322. The first kappa shape index (κ1) is 15.0. The summed E-state index contributed by atoms with van der Waals surface area (Å²) in [5.74, 6) is 0.882. The summed E-state index contributed by atoms with van der Waals surface area (Å²) in [6.45, 7) is 4.69. The first-order chi connectivity index (χ1) is 7.74. The Kier molecular flexibility index (Phi) is 9.83. The van der Waals surface area contributed by atoms with Gasteiger partial charge >= 0.3 is 0 Å². The van der Waals surface area contributed by atoms with E-state index in [4.69, 9.17) is 10.2 Å². The number of benzene rings is 1. The van der Waals surface area contributed by atoms with Crippen molar-refractivity contribution in [3.05, 3.63) is 30.3 Å². The molecule has 2 heteroatoms. The molecular formula is C14H24O2. The van der Waals surface area contributed by atoms with Crippen LogP contribution in [0.4, 0.5) is 0 Å². The quantitative estimate of drug-likeness (QED) is 0.802. The summed E-state index contributed by atoms with van der Waals surface area (Å²) < 4.78 is 0. The highest BCUT2D eigenvalue weighted by atomic mass is 16.3. The van der Waals surface area contributed by atoms with Crippen LogP contribution in [0.1, 0.15) is 39.5 Å². The van der Waals surface area contributed by atoms with Crippen LogP contribution in [0, 0.1) is 5.92 Å². The Hall–Kier alpha value is -1.02. The zero-order valence-electron chi connectivity index (χ0n) is 10.4. The summed E-state index contributed by atoms with van der Waals surface area (Å²) in [5, 5.41) is 17.4. The lowest BCUT2D eigenvalue weighted by molar-refractivity contribution is 0.212. The third-order valence-electron chi connectivity index (χ3n) is 2.56. The second-order valence-electron chi connectivity index (χ2n) is 3.93. The monoisotopic (exact) mass is 224 g/mol. The predicted octanol–water partition coefficient (Wildman–Crippen LogP) is 3.59. The molecule has 0 amide bonds. The fourth-order valence-corrected chi connectivity index (χ4v) is 1.35. The summed E-state index contributed by atoms with van der Waals surface area (Å²) >= 11 is 0. The first-order valence-electron chi connectivity index (χ1n) is 6.09. The molecule has 1 rings (SSSR count). The maximum Gasteiger partial charge on any atom is 0.115 e. The third kappa shape index (κ3) is 8.30. The molecule has 0 aromatic heterocycles. The van der Waals surface area contributed by atoms with Crippen LogP contribution in [0.5, 0.6) is 5.75 Å². The van der Waals surface area contributed by atoms with Gasteiger partial charge in [-0.05, 0) is 24.5 Å². The molecule has 1 aromatic carbocycles. The largest absolute Gasteiger partial charge is 0.508 e. The van der Waals surface area contributed by atoms with Crippen LogP contribution in [0.3, 0.4) is 0 Å². The van der Waals surface area contributed by atoms with Gasteiger partial charge in [0.2, 0.25) is 0 Å². The number of hydrogen-bond donors (Lipinski definition) is 2. The van der Waals surface area contributed by atoms with E-state index in [0.717, 1.165) is 6.42 Å². The Morgan fingerprint density at radius 1 is 1.12 bits per heavy atom. The van der Waals surface area contributed by atoms with Crippen LogP contribution in [0.25, 0.3) is 0 Å². The fourth-order valence-electron chi connectivity index (χ4n) is 1.35. The van der Waals surface area contributed by atoms with Gasteiger partial charge < -0.3 is 10.2 Å². The van der Waals surface area contributed by atoms with Crippen molar-refractivity contribution in [2.24, 2.45) is 5.92 Å². The van der Waals surface area contributed by atoms with Crippen LogP contribution in [0.15, 0.2) is 30.3 Å². The highest BCUT2D eigenvalue weighted by molar-refractivity contribution is 5.18. The molecule has 0 bridgehead atoms. The number of unbranched alkanes of at least 4 members (excludes halogenated alkanes) is 1. The van der Waals surface area contributed by atoms with Gasteiger partial charge in [-0.15, -0.1) is 0 Å². The molecule has 0 heterocycles. The van der Waals surface area contributed by atoms with Crippen molar-refractivity contribution in [2.75, 3.05) is 6.61 Å². The molecule has 0 saturated carbocycles. The zero-order valence-corrected chi connectivity index (χ0v) is 10.4. The summed E-state index contributed by atoms with van der Waals surface area (Å²) in [6.07, 6.45) is 4.83. The Bertz CT molecular complexity index is 230. The van der Waals surface area contributed by atoms with E-state index >= 15 is 0 Å². The minimum Gasteiger partial charge on any atom is -0.508 e. The maximum atomic E-state index is 8.75. The van der Waals surface area contributed by atoms with Gasteiger partial charge in [-0.1, -0.05) is 51.3 Å². The van der Waals surface area contributed by atoms with Crippen molar-refractivity contribution in [3.8, 4) is 5.75 Å². The van der Waals surface area contributed by atoms with Crippen molar-refractivity contribution in [3.63, 3.8) is 0 Å². The van der Waals surface area contributed by atoms with Gasteiger partial charge in [-0.25, -0.2) is 0 Å². The normalized spacial score (nSPS) is 11.4. The summed E-state index contributed by atoms with van der Waals surface area (Å²) in [4.78, 5) is 0. The van der Waals surface area contributed by atoms with Gasteiger partial charge in [0.15, 0.2) is 0 Å². The number of para-hydroxylation sites is 1. The highest BCUT2D eigenvalue weighted by Gasteiger charge is 2.01. The molecule has 0 aliphatic heterocycles. The number of aliphatic hydroxyl groups excluding tert-OH is 1. The molecule has 92 valence electrons. The lowest BCUT2D eigenvalue weighted by atomic mass is 10.0. The smallest absolute Gasteiger partial charge is 0.115 e.